The first-order chi connectivity index (χ1) is 11.8. The molecule has 0 radical (unpaired) electrons. The topological polar surface area (TPSA) is 18.5 Å². The first-order valence-corrected chi connectivity index (χ1v) is 9.72. The van der Waals surface area contributed by atoms with E-state index in [4.69, 9.17) is 32.7 Å². The van der Waals surface area contributed by atoms with Gasteiger partial charge in [-0.1, -0.05) is 68.5 Å². The van der Waals surface area contributed by atoms with Crippen LogP contribution in [0.5, 0.6) is 11.5 Å². The molecule has 0 atom stereocenters. The van der Waals surface area contributed by atoms with Crippen LogP contribution in [-0.2, 0) is 0 Å². The molecule has 24 heavy (non-hydrogen) atoms. The van der Waals surface area contributed by atoms with Crippen molar-refractivity contribution in [1.82, 2.24) is 0 Å². The Bertz CT molecular complexity index is 628. The van der Waals surface area contributed by atoms with Gasteiger partial charge in [0.2, 0.25) is 0 Å². The van der Waals surface area contributed by atoms with Crippen molar-refractivity contribution >= 4 is 34.0 Å². The number of hydrogen-bond acceptors (Lipinski definition) is 2. The van der Waals surface area contributed by atoms with Gasteiger partial charge in [0.25, 0.3) is 0 Å². The fourth-order valence-electron chi connectivity index (χ4n) is 2.67. The van der Waals surface area contributed by atoms with Crippen LogP contribution in [0.1, 0.15) is 45.4 Å². The third kappa shape index (κ3) is 5.46. The van der Waals surface area contributed by atoms with E-state index in [9.17, 15) is 0 Å². The van der Waals surface area contributed by atoms with E-state index in [1.165, 1.54) is 25.7 Å². The Labute approximate surface area is 155 Å². The van der Waals surface area contributed by atoms with E-state index >= 15 is 0 Å². The zero-order chi connectivity index (χ0) is 17.2. The predicted molar refractivity (Wildman–Crippen MR) is 104 cm³/mol. The number of halogens is 2. The van der Waals surface area contributed by atoms with Gasteiger partial charge in [-0.15, -0.1) is 11.6 Å². The molecule has 0 aromatic heterocycles. The maximum absolute atomic E-state index is 6.45. The van der Waals surface area contributed by atoms with E-state index in [2.05, 4.69) is 6.92 Å². The number of unbranched alkanes of at least 4 members (excludes halogenated alkanes) is 4. The molecule has 132 valence electrons. The second-order valence-electron chi connectivity index (χ2n) is 5.88. The Balaban J connectivity index is 2.09. The second-order valence-corrected chi connectivity index (χ2v) is 6.67. The summed E-state index contributed by atoms with van der Waals surface area (Å²) in [6.45, 7) is 3.50. The summed E-state index contributed by atoms with van der Waals surface area (Å²) in [6.07, 6.45) is 6.87. The first kappa shape index (κ1) is 19.2. The SMILES string of the molecule is CCCCCCCOc1c(Cl)cc(OCCCCl)c2ccccc12. The number of fused-ring (bicyclic) bond motifs is 1. The summed E-state index contributed by atoms with van der Waals surface area (Å²) in [4.78, 5) is 0. The standard InChI is InChI=1S/C20H26Cl2O2/c1-2-3-4-5-8-13-24-20-17-11-7-6-10-16(17)19(15-18(20)22)23-14-9-12-21/h6-7,10-11,15H,2-5,8-9,12-14H2,1H3. The van der Waals surface area contributed by atoms with Crippen molar-refractivity contribution in [3.05, 3.63) is 35.4 Å². The lowest BCUT2D eigenvalue weighted by molar-refractivity contribution is 0.305. The van der Waals surface area contributed by atoms with Gasteiger partial charge in [-0.2, -0.15) is 0 Å². The molecular formula is C20H26Cl2O2. The van der Waals surface area contributed by atoms with Gasteiger partial charge >= 0.3 is 0 Å². The van der Waals surface area contributed by atoms with Crippen molar-refractivity contribution < 1.29 is 9.47 Å². The predicted octanol–water partition coefficient (Wildman–Crippen LogP) is 6.85. The molecule has 0 aliphatic rings. The molecular weight excluding hydrogens is 343 g/mol. The Morgan fingerprint density at radius 2 is 1.58 bits per heavy atom. The van der Waals surface area contributed by atoms with Crippen LogP contribution in [0.25, 0.3) is 10.8 Å². The van der Waals surface area contributed by atoms with Crippen LogP contribution in [0.3, 0.4) is 0 Å². The van der Waals surface area contributed by atoms with Gasteiger partial charge in [0.15, 0.2) is 0 Å². The van der Waals surface area contributed by atoms with Crippen LogP contribution in [0.15, 0.2) is 30.3 Å². The van der Waals surface area contributed by atoms with Crippen molar-refractivity contribution in [1.29, 1.82) is 0 Å². The molecule has 0 saturated carbocycles. The van der Waals surface area contributed by atoms with Crippen LogP contribution in [0.4, 0.5) is 0 Å². The highest BCUT2D eigenvalue weighted by molar-refractivity contribution is 6.33. The van der Waals surface area contributed by atoms with E-state index in [1.807, 2.05) is 30.3 Å². The number of ether oxygens (including phenoxy) is 2. The van der Waals surface area contributed by atoms with Gasteiger partial charge in [-0.25, -0.2) is 0 Å². The van der Waals surface area contributed by atoms with Crippen molar-refractivity contribution in [2.75, 3.05) is 19.1 Å². The summed E-state index contributed by atoms with van der Waals surface area (Å²) >= 11 is 12.2. The molecule has 0 unspecified atom stereocenters. The lowest BCUT2D eigenvalue weighted by Gasteiger charge is -2.15. The molecule has 0 aliphatic carbocycles. The molecule has 0 fully saturated rings. The molecule has 2 nitrogen and oxygen atoms in total. The number of benzene rings is 2. The summed E-state index contributed by atoms with van der Waals surface area (Å²) in [6, 6.07) is 9.91. The number of rotatable bonds is 11. The molecule has 0 amide bonds. The van der Waals surface area contributed by atoms with Crippen LogP contribution in [0.2, 0.25) is 5.02 Å². The molecule has 0 spiro atoms. The van der Waals surface area contributed by atoms with Gasteiger partial charge in [-0.3, -0.25) is 0 Å². The molecule has 4 heteroatoms. The van der Waals surface area contributed by atoms with Crippen LogP contribution in [-0.4, -0.2) is 19.1 Å². The van der Waals surface area contributed by atoms with Gasteiger partial charge in [0.1, 0.15) is 11.5 Å². The summed E-state index contributed by atoms with van der Waals surface area (Å²) in [5, 5.41) is 2.63. The lowest BCUT2D eigenvalue weighted by Crippen LogP contribution is -2.01. The molecule has 0 aliphatic heterocycles. The van der Waals surface area contributed by atoms with Gasteiger partial charge in [-0.05, 0) is 12.8 Å². The van der Waals surface area contributed by atoms with Crippen LogP contribution in [0, 0.1) is 0 Å². The maximum atomic E-state index is 6.45. The summed E-state index contributed by atoms with van der Waals surface area (Å²) in [5.41, 5.74) is 0. The van der Waals surface area contributed by atoms with E-state index < -0.39 is 0 Å². The second kappa shape index (κ2) is 10.7. The minimum atomic E-state index is 0.585. The Kier molecular flexibility index (Phi) is 8.55. The van der Waals surface area contributed by atoms with Crippen molar-refractivity contribution in [2.24, 2.45) is 0 Å². The minimum absolute atomic E-state index is 0.585. The monoisotopic (exact) mass is 368 g/mol. The highest BCUT2D eigenvalue weighted by atomic mass is 35.5. The van der Waals surface area contributed by atoms with Gasteiger partial charge < -0.3 is 9.47 Å². The maximum Gasteiger partial charge on any atom is 0.145 e. The average Bonchev–Trinajstić information content (AvgIpc) is 2.60. The van der Waals surface area contributed by atoms with Crippen molar-refractivity contribution in [3.63, 3.8) is 0 Å². The highest BCUT2D eigenvalue weighted by Gasteiger charge is 2.13. The Hall–Kier alpha value is -1.12. The molecule has 0 saturated heterocycles. The largest absolute Gasteiger partial charge is 0.493 e. The zero-order valence-corrected chi connectivity index (χ0v) is 15.8. The molecule has 2 aromatic carbocycles. The van der Waals surface area contributed by atoms with E-state index in [-0.39, 0.29) is 0 Å². The number of hydrogen-bond donors (Lipinski definition) is 0. The Morgan fingerprint density at radius 1 is 0.875 bits per heavy atom. The van der Waals surface area contributed by atoms with Crippen molar-refractivity contribution in [3.8, 4) is 11.5 Å². The van der Waals surface area contributed by atoms with Gasteiger partial charge in [0.05, 0.1) is 18.2 Å². The third-order valence-electron chi connectivity index (χ3n) is 3.94. The quantitative estimate of drug-likeness (QED) is 0.318. The summed E-state index contributed by atoms with van der Waals surface area (Å²) in [5.74, 6) is 2.13. The lowest BCUT2D eigenvalue weighted by atomic mass is 10.1. The Morgan fingerprint density at radius 3 is 2.33 bits per heavy atom. The fraction of sp³-hybridized carbons (Fsp3) is 0.500. The van der Waals surface area contributed by atoms with Gasteiger partial charge in [0, 0.05) is 22.7 Å². The van der Waals surface area contributed by atoms with E-state index in [0.29, 0.717) is 24.1 Å². The average molecular weight is 369 g/mol. The third-order valence-corrected chi connectivity index (χ3v) is 4.49. The molecule has 2 aromatic rings. The normalized spacial score (nSPS) is 11.0. The van der Waals surface area contributed by atoms with Crippen LogP contribution < -0.4 is 9.47 Å². The molecule has 0 N–H and O–H groups in total. The summed E-state index contributed by atoms with van der Waals surface area (Å²) < 4.78 is 11.8. The molecule has 2 rings (SSSR count). The number of alkyl halides is 1. The van der Waals surface area contributed by atoms with E-state index in [0.717, 1.165) is 35.1 Å². The first-order valence-electron chi connectivity index (χ1n) is 8.80. The smallest absolute Gasteiger partial charge is 0.145 e. The zero-order valence-electron chi connectivity index (χ0n) is 14.3. The highest BCUT2D eigenvalue weighted by Crippen LogP contribution is 2.39. The van der Waals surface area contributed by atoms with E-state index in [1.54, 1.807) is 0 Å². The molecule has 0 heterocycles. The fourth-order valence-corrected chi connectivity index (χ4v) is 3.03. The van der Waals surface area contributed by atoms with Crippen molar-refractivity contribution in [2.45, 2.75) is 45.4 Å². The van der Waals surface area contributed by atoms with Crippen LogP contribution >= 0.6 is 23.2 Å². The minimum Gasteiger partial charge on any atom is -0.493 e. The molecule has 0 bridgehead atoms. The summed E-state index contributed by atoms with van der Waals surface area (Å²) in [7, 11) is 0.